The quantitative estimate of drug-likeness (QED) is 0.786. The molecule has 5 heteroatoms. The lowest BCUT2D eigenvalue weighted by molar-refractivity contribution is 0.0999. The van der Waals surface area contributed by atoms with Gasteiger partial charge in [-0.25, -0.2) is 0 Å². The van der Waals surface area contributed by atoms with Crippen LogP contribution in [0.1, 0.15) is 21.8 Å². The SMILES string of the molecule is COc1ccccc1-c1cc(C(N)=O)c(C)n1Cc1ccco1. The maximum absolute atomic E-state index is 11.7. The fourth-order valence-electron chi connectivity index (χ4n) is 2.74. The standard InChI is InChI=1S/C18H18N2O3/c1-12-15(18(19)21)10-16(14-7-3-4-8-17(14)22-2)20(12)11-13-6-5-9-23-13/h3-10H,11H2,1-2H3,(H2,19,21). The van der Waals surface area contributed by atoms with Crippen molar-refractivity contribution in [1.29, 1.82) is 0 Å². The van der Waals surface area contributed by atoms with Crippen LogP contribution < -0.4 is 10.5 Å². The van der Waals surface area contributed by atoms with E-state index in [0.717, 1.165) is 28.5 Å². The van der Waals surface area contributed by atoms with Crippen molar-refractivity contribution in [3.05, 3.63) is 65.7 Å². The first-order valence-electron chi connectivity index (χ1n) is 7.27. The molecule has 0 spiro atoms. The van der Waals surface area contributed by atoms with Crippen molar-refractivity contribution in [2.45, 2.75) is 13.5 Å². The highest BCUT2D eigenvalue weighted by Gasteiger charge is 2.19. The molecule has 2 heterocycles. The Morgan fingerprint density at radius 2 is 2.04 bits per heavy atom. The number of benzene rings is 1. The summed E-state index contributed by atoms with van der Waals surface area (Å²) < 4.78 is 12.9. The van der Waals surface area contributed by atoms with E-state index in [1.54, 1.807) is 19.4 Å². The predicted molar refractivity (Wildman–Crippen MR) is 87.5 cm³/mol. The van der Waals surface area contributed by atoms with E-state index in [1.165, 1.54) is 0 Å². The molecule has 5 nitrogen and oxygen atoms in total. The van der Waals surface area contributed by atoms with Gasteiger partial charge in [-0.2, -0.15) is 0 Å². The van der Waals surface area contributed by atoms with Crippen molar-refractivity contribution in [1.82, 2.24) is 4.57 Å². The first-order chi connectivity index (χ1) is 11.1. The second-order valence-corrected chi connectivity index (χ2v) is 5.26. The maximum atomic E-state index is 11.7. The van der Waals surface area contributed by atoms with E-state index in [4.69, 9.17) is 14.9 Å². The van der Waals surface area contributed by atoms with Crippen LogP contribution in [0.25, 0.3) is 11.3 Å². The van der Waals surface area contributed by atoms with E-state index < -0.39 is 5.91 Å². The van der Waals surface area contributed by atoms with Gasteiger partial charge in [0.25, 0.3) is 5.91 Å². The molecule has 3 rings (SSSR count). The maximum Gasteiger partial charge on any atom is 0.250 e. The van der Waals surface area contributed by atoms with Crippen LogP contribution in [0, 0.1) is 6.92 Å². The van der Waals surface area contributed by atoms with Crippen molar-refractivity contribution in [3.8, 4) is 17.0 Å². The summed E-state index contributed by atoms with van der Waals surface area (Å²) in [5.41, 5.74) is 8.58. The number of furan rings is 1. The van der Waals surface area contributed by atoms with Crippen molar-refractivity contribution in [2.24, 2.45) is 5.73 Å². The first-order valence-corrected chi connectivity index (χ1v) is 7.27. The number of methoxy groups -OCH3 is 1. The molecule has 0 radical (unpaired) electrons. The third-order valence-electron chi connectivity index (χ3n) is 3.91. The Labute approximate surface area is 134 Å². The summed E-state index contributed by atoms with van der Waals surface area (Å²) in [7, 11) is 1.63. The molecular formula is C18H18N2O3. The molecule has 3 aromatic rings. The van der Waals surface area contributed by atoms with Gasteiger partial charge in [-0.05, 0) is 37.3 Å². The van der Waals surface area contributed by atoms with Crippen LogP contribution in [0.5, 0.6) is 5.75 Å². The van der Waals surface area contributed by atoms with Crippen LogP contribution >= 0.6 is 0 Å². The Bertz CT molecular complexity index is 832. The highest BCUT2D eigenvalue weighted by molar-refractivity contribution is 5.96. The summed E-state index contributed by atoms with van der Waals surface area (Å²) in [4.78, 5) is 11.7. The largest absolute Gasteiger partial charge is 0.496 e. The van der Waals surface area contributed by atoms with Gasteiger partial charge in [0.1, 0.15) is 11.5 Å². The number of rotatable bonds is 5. The minimum atomic E-state index is -0.447. The molecule has 1 amide bonds. The molecule has 23 heavy (non-hydrogen) atoms. The molecule has 0 saturated carbocycles. The molecular weight excluding hydrogens is 292 g/mol. The van der Waals surface area contributed by atoms with Crippen LogP contribution in [-0.4, -0.2) is 17.6 Å². The van der Waals surface area contributed by atoms with Gasteiger partial charge in [0.2, 0.25) is 0 Å². The third-order valence-corrected chi connectivity index (χ3v) is 3.91. The zero-order valence-corrected chi connectivity index (χ0v) is 13.1. The number of para-hydroxylation sites is 1. The number of hydrogen-bond donors (Lipinski definition) is 1. The highest BCUT2D eigenvalue weighted by Crippen LogP contribution is 2.33. The number of ether oxygens (including phenoxy) is 1. The number of amides is 1. The molecule has 1 aromatic carbocycles. The smallest absolute Gasteiger partial charge is 0.250 e. The Balaban J connectivity index is 2.18. The number of carbonyl (C=O) groups is 1. The molecule has 0 fully saturated rings. The van der Waals surface area contributed by atoms with E-state index in [0.29, 0.717) is 12.1 Å². The van der Waals surface area contributed by atoms with Crippen molar-refractivity contribution in [3.63, 3.8) is 0 Å². The molecule has 0 unspecified atom stereocenters. The number of aromatic nitrogens is 1. The van der Waals surface area contributed by atoms with Gasteiger partial charge in [0.15, 0.2) is 0 Å². The average Bonchev–Trinajstić information content (AvgIpc) is 3.17. The predicted octanol–water partition coefficient (Wildman–Crippen LogP) is 3.21. The molecule has 0 aliphatic rings. The zero-order chi connectivity index (χ0) is 16.4. The molecule has 0 atom stereocenters. The number of hydrogen-bond acceptors (Lipinski definition) is 3. The number of nitrogens with zero attached hydrogens (tertiary/aromatic N) is 1. The number of primary amides is 1. The first kappa shape index (κ1) is 15.0. The number of carbonyl (C=O) groups excluding carboxylic acids is 1. The van der Waals surface area contributed by atoms with Gasteiger partial charge in [0, 0.05) is 11.3 Å². The summed E-state index contributed by atoms with van der Waals surface area (Å²) in [6.07, 6.45) is 1.63. The summed E-state index contributed by atoms with van der Waals surface area (Å²) >= 11 is 0. The Morgan fingerprint density at radius 1 is 1.26 bits per heavy atom. The molecule has 2 N–H and O–H groups in total. The van der Waals surface area contributed by atoms with Gasteiger partial charge >= 0.3 is 0 Å². The Kier molecular flexibility index (Phi) is 3.93. The molecule has 0 aliphatic heterocycles. The van der Waals surface area contributed by atoms with Gasteiger partial charge < -0.3 is 19.5 Å². The minimum absolute atomic E-state index is 0.447. The van der Waals surface area contributed by atoms with Crippen molar-refractivity contribution < 1.29 is 13.9 Å². The molecule has 2 aromatic heterocycles. The fourth-order valence-corrected chi connectivity index (χ4v) is 2.74. The summed E-state index contributed by atoms with van der Waals surface area (Å²) in [5, 5.41) is 0. The van der Waals surface area contributed by atoms with E-state index in [2.05, 4.69) is 0 Å². The lowest BCUT2D eigenvalue weighted by atomic mass is 10.1. The van der Waals surface area contributed by atoms with Crippen LogP contribution in [0.4, 0.5) is 0 Å². The van der Waals surface area contributed by atoms with Crippen LogP contribution in [-0.2, 0) is 6.54 Å². The normalized spacial score (nSPS) is 10.7. The minimum Gasteiger partial charge on any atom is -0.496 e. The van der Waals surface area contributed by atoms with Crippen molar-refractivity contribution in [2.75, 3.05) is 7.11 Å². The summed E-state index contributed by atoms with van der Waals surface area (Å²) in [5.74, 6) is 1.09. The second kappa shape index (κ2) is 6.04. The van der Waals surface area contributed by atoms with Gasteiger partial charge in [-0.15, -0.1) is 0 Å². The van der Waals surface area contributed by atoms with Crippen molar-refractivity contribution >= 4 is 5.91 Å². The molecule has 0 aliphatic carbocycles. The fraction of sp³-hybridized carbons (Fsp3) is 0.167. The van der Waals surface area contributed by atoms with Gasteiger partial charge in [0.05, 0.1) is 31.2 Å². The van der Waals surface area contributed by atoms with Gasteiger partial charge in [-0.3, -0.25) is 4.79 Å². The summed E-state index contributed by atoms with van der Waals surface area (Å²) in [6.45, 7) is 2.39. The van der Waals surface area contributed by atoms with Crippen LogP contribution in [0.3, 0.4) is 0 Å². The molecule has 0 saturated heterocycles. The lowest BCUT2D eigenvalue weighted by Crippen LogP contribution is -2.12. The second-order valence-electron chi connectivity index (χ2n) is 5.26. The lowest BCUT2D eigenvalue weighted by Gasteiger charge is -2.13. The Hall–Kier alpha value is -2.95. The van der Waals surface area contributed by atoms with Crippen LogP contribution in [0.2, 0.25) is 0 Å². The van der Waals surface area contributed by atoms with E-state index in [1.807, 2.05) is 47.9 Å². The molecule has 0 bridgehead atoms. The van der Waals surface area contributed by atoms with Crippen LogP contribution in [0.15, 0.2) is 53.1 Å². The topological polar surface area (TPSA) is 70.4 Å². The number of nitrogens with two attached hydrogens (primary N) is 1. The van der Waals surface area contributed by atoms with E-state index in [9.17, 15) is 4.79 Å². The van der Waals surface area contributed by atoms with E-state index >= 15 is 0 Å². The van der Waals surface area contributed by atoms with E-state index in [-0.39, 0.29) is 0 Å². The average molecular weight is 310 g/mol. The highest BCUT2D eigenvalue weighted by atomic mass is 16.5. The zero-order valence-electron chi connectivity index (χ0n) is 13.1. The molecule has 118 valence electrons. The summed E-state index contributed by atoms with van der Waals surface area (Å²) in [6, 6.07) is 13.2. The Morgan fingerprint density at radius 3 is 2.70 bits per heavy atom. The van der Waals surface area contributed by atoms with Gasteiger partial charge in [-0.1, -0.05) is 12.1 Å². The monoisotopic (exact) mass is 310 g/mol. The third kappa shape index (κ3) is 2.73.